The monoisotopic (exact) mass is 492 g/mol. The summed E-state index contributed by atoms with van der Waals surface area (Å²) in [6, 6.07) is 4.52. The van der Waals surface area contributed by atoms with Crippen LogP contribution >= 0.6 is 0 Å². The zero-order chi connectivity index (χ0) is 26.7. The lowest BCUT2D eigenvalue weighted by Gasteiger charge is -2.26. The quantitative estimate of drug-likeness (QED) is 0.220. The second-order valence-electron chi connectivity index (χ2n) is 9.74. The highest BCUT2D eigenvalue weighted by molar-refractivity contribution is 5.94. The number of nitrogens with one attached hydrogen (secondary N) is 3. The molecule has 0 saturated carbocycles. The fourth-order valence-electron chi connectivity index (χ4n) is 3.57. The molecule has 0 aliphatic carbocycles. The highest BCUT2D eigenvalue weighted by Gasteiger charge is 2.32. The maximum Gasteiger partial charge on any atom is 0.328 e. The fourth-order valence-corrected chi connectivity index (χ4v) is 3.57. The number of carbonyl (C=O) groups is 4. The van der Waals surface area contributed by atoms with Crippen LogP contribution in [0, 0.1) is 11.8 Å². The van der Waals surface area contributed by atoms with Gasteiger partial charge in [0, 0.05) is 6.42 Å². The number of rotatable bonds is 14. The van der Waals surface area contributed by atoms with E-state index in [0.29, 0.717) is 12.8 Å². The third kappa shape index (κ3) is 10.9. The summed E-state index contributed by atoms with van der Waals surface area (Å²) in [7, 11) is 0. The van der Waals surface area contributed by atoms with E-state index in [1.807, 2.05) is 27.7 Å². The standard InChI is InChI=1S/C25H40N4O6/c1-14(2)11-18(26)22(31)27-19(12-15(3)4)23(32)28-20(13-17-9-7-6-8-10-17)24(33)29-21(16(5)30)25(34)35/h6-10,14-16,18-21,30H,11-13,26H2,1-5H3,(H,27,31)(H,28,32)(H,29,33)(H,34,35). The van der Waals surface area contributed by atoms with Gasteiger partial charge in [0.1, 0.15) is 12.1 Å². The Morgan fingerprint density at radius 2 is 1.31 bits per heavy atom. The van der Waals surface area contributed by atoms with Crippen LogP contribution in [0.4, 0.5) is 0 Å². The molecule has 7 N–H and O–H groups in total. The summed E-state index contributed by atoms with van der Waals surface area (Å²) < 4.78 is 0. The summed E-state index contributed by atoms with van der Waals surface area (Å²) in [5.41, 5.74) is 6.71. The third-order valence-electron chi connectivity index (χ3n) is 5.36. The molecular formula is C25H40N4O6. The molecule has 0 aromatic heterocycles. The molecule has 5 unspecified atom stereocenters. The van der Waals surface area contributed by atoms with Crippen LogP contribution < -0.4 is 21.7 Å². The van der Waals surface area contributed by atoms with Crippen molar-refractivity contribution in [1.29, 1.82) is 0 Å². The van der Waals surface area contributed by atoms with Crippen LogP contribution in [0.5, 0.6) is 0 Å². The minimum atomic E-state index is -1.54. The van der Waals surface area contributed by atoms with Gasteiger partial charge in [-0.1, -0.05) is 58.0 Å². The molecule has 0 bridgehead atoms. The van der Waals surface area contributed by atoms with Crippen LogP contribution in [0.25, 0.3) is 0 Å². The number of nitrogens with two attached hydrogens (primary N) is 1. The van der Waals surface area contributed by atoms with E-state index in [0.717, 1.165) is 5.56 Å². The number of carbonyl (C=O) groups excluding carboxylic acids is 3. The molecule has 0 heterocycles. The summed E-state index contributed by atoms with van der Waals surface area (Å²) in [6.07, 6.45) is -0.492. The number of aliphatic carboxylic acids is 1. The van der Waals surface area contributed by atoms with Crippen molar-refractivity contribution in [2.75, 3.05) is 0 Å². The van der Waals surface area contributed by atoms with Gasteiger partial charge in [0.15, 0.2) is 6.04 Å². The van der Waals surface area contributed by atoms with Crippen LogP contribution in [0.15, 0.2) is 30.3 Å². The van der Waals surface area contributed by atoms with E-state index >= 15 is 0 Å². The average molecular weight is 493 g/mol. The van der Waals surface area contributed by atoms with Crippen LogP contribution in [0.1, 0.15) is 53.0 Å². The largest absolute Gasteiger partial charge is 0.480 e. The van der Waals surface area contributed by atoms with Crippen molar-refractivity contribution in [2.45, 2.75) is 84.2 Å². The van der Waals surface area contributed by atoms with E-state index in [4.69, 9.17) is 5.73 Å². The van der Waals surface area contributed by atoms with E-state index in [2.05, 4.69) is 16.0 Å². The lowest BCUT2D eigenvalue weighted by atomic mass is 9.99. The van der Waals surface area contributed by atoms with Crippen molar-refractivity contribution in [3.8, 4) is 0 Å². The van der Waals surface area contributed by atoms with Gasteiger partial charge in [0.05, 0.1) is 12.1 Å². The second kappa shape index (κ2) is 14.4. The molecule has 35 heavy (non-hydrogen) atoms. The Kier molecular flexibility index (Phi) is 12.4. The minimum absolute atomic E-state index is 0.0559. The molecule has 3 amide bonds. The molecule has 0 radical (unpaired) electrons. The zero-order valence-electron chi connectivity index (χ0n) is 21.2. The van der Waals surface area contributed by atoms with Crippen LogP contribution in [0.2, 0.25) is 0 Å². The molecule has 0 aliphatic rings. The topological polar surface area (TPSA) is 171 Å². The Morgan fingerprint density at radius 3 is 1.80 bits per heavy atom. The molecule has 0 spiro atoms. The first-order valence-corrected chi connectivity index (χ1v) is 11.9. The fraction of sp³-hybridized carbons (Fsp3) is 0.600. The smallest absolute Gasteiger partial charge is 0.328 e. The first-order valence-electron chi connectivity index (χ1n) is 11.9. The summed E-state index contributed by atoms with van der Waals surface area (Å²) >= 11 is 0. The van der Waals surface area contributed by atoms with E-state index in [1.165, 1.54) is 6.92 Å². The molecule has 0 fully saturated rings. The minimum Gasteiger partial charge on any atom is -0.480 e. The second-order valence-corrected chi connectivity index (χ2v) is 9.74. The maximum atomic E-state index is 13.2. The van der Waals surface area contributed by atoms with Crippen molar-refractivity contribution in [2.24, 2.45) is 17.6 Å². The summed E-state index contributed by atoms with van der Waals surface area (Å²) in [5.74, 6) is -2.94. The van der Waals surface area contributed by atoms with Crippen LogP contribution in [0.3, 0.4) is 0 Å². The zero-order valence-corrected chi connectivity index (χ0v) is 21.2. The van der Waals surface area contributed by atoms with Gasteiger partial charge in [0.25, 0.3) is 0 Å². The summed E-state index contributed by atoms with van der Waals surface area (Å²) in [4.78, 5) is 50.2. The van der Waals surface area contributed by atoms with Crippen LogP contribution in [-0.4, -0.2) is 64.2 Å². The van der Waals surface area contributed by atoms with E-state index < -0.39 is 54.0 Å². The van der Waals surface area contributed by atoms with Crippen molar-refractivity contribution >= 4 is 23.7 Å². The number of hydrogen-bond acceptors (Lipinski definition) is 6. The molecule has 0 aliphatic heterocycles. The normalized spacial score (nSPS) is 15.6. The predicted octanol–water partition coefficient (Wildman–Crippen LogP) is 0.568. The molecule has 10 heteroatoms. The molecule has 10 nitrogen and oxygen atoms in total. The Bertz CT molecular complexity index is 844. The van der Waals surface area contributed by atoms with E-state index in [1.54, 1.807) is 30.3 Å². The van der Waals surface area contributed by atoms with Crippen LogP contribution in [-0.2, 0) is 25.6 Å². The van der Waals surface area contributed by atoms with E-state index in [9.17, 15) is 29.4 Å². The highest BCUT2D eigenvalue weighted by Crippen LogP contribution is 2.10. The van der Waals surface area contributed by atoms with Crippen molar-refractivity contribution in [3.63, 3.8) is 0 Å². The molecule has 196 valence electrons. The van der Waals surface area contributed by atoms with Gasteiger partial charge >= 0.3 is 5.97 Å². The van der Waals surface area contributed by atoms with Gasteiger partial charge in [0.2, 0.25) is 17.7 Å². The molecule has 1 aromatic carbocycles. The molecule has 5 atom stereocenters. The molecular weight excluding hydrogens is 452 g/mol. The molecule has 0 saturated heterocycles. The third-order valence-corrected chi connectivity index (χ3v) is 5.36. The number of aliphatic hydroxyl groups excluding tert-OH is 1. The highest BCUT2D eigenvalue weighted by atomic mass is 16.4. The number of carboxylic acid groups (broad SMARTS) is 1. The number of amides is 3. The van der Waals surface area contributed by atoms with E-state index in [-0.39, 0.29) is 18.3 Å². The number of benzene rings is 1. The Labute approximate surface area is 207 Å². The van der Waals surface area contributed by atoms with Gasteiger partial charge in [-0.3, -0.25) is 14.4 Å². The number of carboxylic acids is 1. The van der Waals surface area contributed by atoms with Gasteiger partial charge in [-0.05, 0) is 37.2 Å². The van der Waals surface area contributed by atoms with Gasteiger partial charge in [-0.2, -0.15) is 0 Å². The van der Waals surface area contributed by atoms with Crippen molar-refractivity contribution < 1.29 is 29.4 Å². The number of aliphatic hydroxyl groups is 1. The predicted molar refractivity (Wildman–Crippen MR) is 132 cm³/mol. The molecule has 1 rings (SSSR count). The van der Waals surface area contributed by atoms with Gasteiger partial charge in [-0.15, -0.1) is 0 Å². The Hall–Kier alpha value is -2.98. The van der Waals surface area contributed by atoms with Crippen molar-refractivity contribution in [3.05, 3.63) is 35.9 Å². The van der Waals surface area contributed by atoms with Crippen molar-refractivity contribution in [1.82, 2.24) is 16.0 Å². The Morgan fingerprint density at radius 1 is 0.800 bits per heavy atom. The number of hydrogen-bond donors (Lipinski definition) is 6. The molecule has 1 aromatic rings. The first-order chi connectivity index (χ1) is 16.3. The maximum absolute atomic E-state index is 13.2. The summed E-state index contributed by atoms with van der Waals surface area (Å²) in [6.45, 7) is 8.92. The van der Waals surface area contributed by atoms with Gasteiger partial charge < -0.3 is 31.9 Å². The summed E-state index contributed by atoms with van der Waals surface area (Å²) in [5, 5.41) is 26.7. The Balaban J connectivity index is 3.11. The lowest BCUT2D eigenvalue weighted by molar-refractivity contribution is -0.145. The average Bonchev–Trinajstić information content (AvgIpc) is 2.75. The van der Waals surface area contributed by atoms with Gasteiger partial charge in [-0.25, -0.2) is 4.79 Å². The SMILES string of the molecule is CC(C)CC(N)C(=O)NC(CC(C)C)C(=O)NC(Cc1ccccc1)C(=O)NC(C(=O)O)C(C)O. The first kappa shape index (κ1) is 30.1. The lowest BCUT2D eigenvalue weighted by Crippen LogP contribution is -2.59.